The first-order chi connectivity index (χ1) is 9.97. The van der Waals surface area contributed by atoms with Crippen LogP contribution in [-0.4, -0.2) is 20.6 Å². The summed E-state index contributed by atoms with van der Waals surface area (Å²) in [4.78, 5) is 26.1. The maximum absolute atomic E-state index is 12.2. The number of para-hydroxylation sites is 1. The van der Waals surface area contributed by atoms with Gasteiger partial charge in [-0.2, -0.15) is 0 Å². The van der Waals surface area contributed by atoms with E-state index in [1.807, 2.05) is 25.1 Å². The van der Waals surface area contributed by atoms with Crippen molar-refractivity contribution in [3.8, 4) is 5.69 Å². The van der Waals surface area contributed by atoms with E-state index in [0.717, 1.165) is 10.0 Å². The van der Waals surface area contributed by atoms with Crippen LogP contribution in [0.5, 0.6) is 0 Å². The Morgan fingerprint density at radius 1 is 1.29 bits per heavy atom. The third-order valence-electron chi connectivity index (χ3n) is 3.23. The minimum Gasteiger partial charge on any atom is -0.478 e. The van der Waals surface area contributed by atoms with Crippen LogP contribution in [0.3, 0.4) is 0 Å². The normalized spacial score (nSPS) is 11.0. The summed E-state index contributed by atoms with van der Waals surface area (Å²) in [5, 5.41) is 9.20. The van der Waals surface area contributed by atoms with Gasteiger partial charge in [-0.1, -0.05) is 22.0 Å². The molecule has 0 atom stereocenters. The Balaban J connectivity index is 2.38. The van der Waals surface area contributed by atoms with E-state index < -0.39 is 5.97 Å². The lowest BCUT2D eigenvalue weighted by atomic mass is 10.1. The topological polar surface area (TPSA) is 75.1 Å². The van der Waals surface area contributed by atoms with E-state index in [1.165, 1.54) is 10.6 Å². The number of carboxylic acid groups (broad SMARTS) is 1. The zero-order chi connectivity index (χ0) is 15.1. The fourth-order valence-corrected chi connectivity index (χ4v) is 3.01. The predicted octanol–water partition coefficient (Wildman–Crippen LogP) is 3.09. The second-order valence-corrected chi connectivity index (χ2v) is 5.67. The number of carbonyl (C=O) groups is 1. The smallest absolute Gasteiger partial charge is 0.337 e. The van der Waals surface area contributed by atoms with Crippen LogP contribution in [-0.2, 0) is 0 Å². The maximum Gasteiger partial charge on any atom is 0.337 e. The van der Waals surface area contributed by atoms with Crippen LogP contribution in [0.25, 0.3) is 16.7 Å². The molecule has 5 nitrogen and oxygen atoms in total. The second-order valence-electron chi connectivity index (χ2n) is 4.76. The van der Waals surface area contributed by atoms with Crippen LogP contribution in [0.15, 0.2) is 45.7 Å². The van der Waals surface area contributed by atoms with Gasteiger partial charge in [-0.05, 0) is 42.8 Å². The Morgan fingerprint density at radius 2 is 2.05 bits per heavy atom. The zero-order valence-corrected chi connectivity index (χ0v) is 12.6. The number of H-pyrrole nitrogens is 1. The maximum atomic E-state index is 12.2. The van der Waals surface area contributed by atoms with Crippen molar-refractivity contribution in [3.05, 3.63) is 62.5 Å². The third kappa shape index (κ3) is 2.27. The number of benzene rings is 2. The number of aryl methyl sites for hydroxylation is 1. The lowest BCUT2D eigenvalue weighted by molar-refractivity contribution is 0.0699. The Hall–Kier alpha value is -2.34. The fourth-order valence-electron chi connectivity index (χ4n) is 2.41. The molecule has 0 saturated carbocycles. The van der Waals surface area contributed by atoms with Gasteiger partial charge in [0.25, 0.3) is 0 Å². The molecule has 0 amide bonds. The van der Waals surface area contributed by atoms with Crippen molar-refractivity contribution in [1.29, 1.82) is 0 Å². The Labute approximate surface area is 128 Å². The standard InChI is InChI=1S/C15H11BrN2O3/c1-8-5-9(16)7-10(6-8)18-12-4-2-3-11(14(19)20)13(12)17-15(18)21/h2-7H,1H3,(H,17,21)(H,19,20). The van der Waals surface area contributed by atoms with Gasteiger partial charge >= 0.3 is 11.7 Å². The van der Waals surface area contributed by atoms with Crippen molar-refractivity contribution in [2.24, 2.45) is 0 Å². The number of hydrogen-bond acceptors (Lipinski definition) is 2. The molecule has 0 aliphatic carbocycles. The summed E-state index contributed by atoms with van der Waals surface area (Å²) >= 11 is 3.41. The van der Waals surface area contributed by atoms with E-state index in [9.17, 15) is 14.7 Å². The number of aromatic amines is 1. The molecule has 1 aromatic heterocycles. The number of aromatic nitrogens is 2. The number of halogens is 1. The molecule has 0 fully saturated rings. The molecule has 0 aliphatic heterocycles. The van der Waals surface area contributed by atoms with Gasteiger partial charge in [-0.3, -0.25) is 4.57 Å². The minimum absolute atomic E-state index is 0.0788. The van der Waals surface area contributed by atoms with Gasteiger partial charge in [0.1, 0.15) is 0 Å². The summed E-state index contributed by atoms with van der Waals surface area (Å²) in [6.45, 7) is 1.93. The highest BCUT2D eigenvalue weighted by Gasteiger charge is 2.15. The monoisotopic (exact) mass is 346 g/mol. The average molecular weight is 347 g/mol. The van der Waals surface area contributed by atoms with E-state index in [0.29, 0.717) is 16.7 Å². The number of nitrogens with zero attached hydrogens (tertiary/aromatic N) is 1. The Morgan fingerprint density at radius 3 is 2.71 bits per heavy atom. The van der Waals surface area contributed by atoms with E-state index in [4.69, 9.17) is 0 Å². The van der Waals surface area contributed by atoms with Gasteiger partial charge < -0.3 is 10.1 Å². The highest BCUT2D eigenvalue weighted by atomic mass is 79.9. The summed E-state index contributed by atoms with van der Waals surface area (Å²) in [5.41, 5.74) is 2.26. The van der Waals surface area contributed by atoms with Crippen molar-refractivity contribution in [3.63, 3.8) is 0 Å². The molecule has 1 heterocycles. The number of carboxylic acids is 1. The van der Waals surface area contributed by atoms with E-state index >= 15 is 0 Å². The van der Waals surface area contributed by atoms with E-state index in [-0.39, 0.29) is 11.3 Å². The Bertz CT molecular complexity index is 904. The van der Waals surface area contributed by atoms with E-state index in [1.54, 1.807) is 12.1 Å². The molecule has 0 radical (unpaired) electrons. The highest BCUT2D eigenvalue weighted by Crippen LogP contribution is 2.22. The molecule has 0 bridgehead atoms. The average Bonchev–Trinajstić information content (AvgIpc) is 2.72. The lowest BCUT2D eigenvalue weighted by Gasteiger charge is -2.06. The number of hydrogen-bond donors (Lipinski definition) is 2. The summed E-state index contributed by atoms with van der Waals surface area (Å²) in [6, 6.07) is 10.4. The molecule has 0 saturated heterocycles. The first-order valence-electron chi connectivity index (χ1n) is 6.22. The van der Waals surface area contributed by atoms with Gasteiger partial charge in [-0.15, -0.1) is 0 Å². The van der Waals surface area contributed by atoms with Crippen molar-refractivity contribution >= 4 is 32.9 Å². The largest absolute Gasteiger partial charge is 0.478 e. The summed E-state index contributed by atoms with van der Waals surface area (Å²) < 4.78 is 2.33. The number of rotatable bonds is 2. The first kappa shape index (κ1) is 13.6. The van der Waals surface area contributed by atoms with Crippen LogP contribution in [0.1, 0.15) is 15.9 Å². The third-order valence-corrected chi connectivity index (χ3v) is 3.69. The van der Waals surface area contributed by atoms with Crippen molar-refractivity contribution in [1.82, 2.24) is 9.55 Å². The van der Waals surface area contributed by atoms with Crippen LogP contribution >= 0.6 is 15.9 Å². The fraction of sp³-hybridized carbons (Fsp3) is 0.0667. The minimum atomic E-state index is -1.07. The van der Waals surface area contributed by atoms with Gasteiger partial charge in [0.05, 0.1) is 22.3 Å². The first-order valence-corrected chi connectivity index (χ1v) is 7.01. The van der Waals surface area contributed by atoms with Gasteiger partial charge in [-0.25, -0.2) is 9.59 Å². The molecule has 3 rings (SSSR count). The van der Waals surface area contributed by atoms with Crippen molar-refractivity contribution in [2.75, 3.05) is 0 Å². The van der Waals surface area contributed by atoms with Crippen LogP contribution in [0, 0.1) is 6.92 Å². The quantitative estimate of drug-likeness (QED) is 0.748. The second kappa shape index (κ2) is 4.89. The predicted molar refractivity (Wildman–Crippen MR) is 83.3 cm³/mol. The molecular weight excluding hydrogens is 336 g/mol. The van der Waals surface area contributed by atoms with Crippen molar-refractivity contribution < 1.29 is 9.90 Å². The number of fused-ring (bicyclic) bond motifs is 1. The number of nitrogens with one attached hydrogen (secondary N) is 1. The molecule has 0 aliphatic rings. The molecule has 0 unspecified atom stereocenters. The van der Waals surface area contributed by atoms with Crippen LogP contribution in [0.2, 0.25) is 0 Å². The number of imidazole rings is 1. The SMILES string of the molecule is Cc1cc(Br)cc(-n2c(=O)[nH]c3c(C(=O)O)cccc32)c1. The zero-order valence-electron chi connectivity index (χ0n) is 11.1. The molecule has 0 spiro atoms. The molecule has 6 heteroatoms. The summed E-state index contributed by atoms with van der Waals surface area (Å²) in [7, 11) is 0. The van der Waals surface area contributed by atoms with Crippen LogP contribution < -0.4 is 5.69 Å². The molecule has 2 N–H and O–H groups in total. The summed E-state index contributed by atoms with van der Waals surface area (Å²) in [5.74, 6) is -1.07. The summed E-state index contributed by atoms with van der Waals surface area (Å²) in [6.07, 6.45) is 0. The Kier molecular flexibility index (Phi) is 3.17. The lowest BCUT2D eigenvalue weighted by Crippen LogP contribution is -2.14. The number of aromatic carboxylic acids is 1. The highest BCUT2D eigenvalue weighted by molar-refractivity contribution is 9.10. The van der Waals surface area contributed by atoms with Gasteiger partial charge in [0.2, 0.25) is 0 Å². The van der Waals surface area contributed by atoms with Gasteiger partial charge in [0, 0.05) is 4.47 Å². The molecule has 2 aromatic carbocycles. The van der Waals surface area contributed by atoms with E-state index in [2.05, 4.69) is 20.9 Å². The molecule has 106 valence electrons. The molecular formula is C15H11BrN2O3. The van der Waals surface area contributed by atoms with Crippen molar-refractivity contribution in [2.45, 2.75) is 6.92 Å². The molecule has 21 heavy (non-hydrogen) atoms. The van der Waals surface area contributed by atoms with Crippen LogP contribution in [0.4, 0.5) is 0 Å². The molecule has 3 aromatic rings. The van der Waals surface area contributed by atoms with Gasteiger partial charge in [0.15, 0.2) is 0 Å².